The van der Waals surface area contributed by atoms with Crippen molar-refractivity contribution in [1.82, 2.24) is 0 Å². The van der Waals surface area contributed by atoms with Crippen LogP contribution in [0.1, 0.15) is 10.4 Å². The third kappa shape index (κ3) is 1.67. The third-order valence-corrected chi connectivity index (χ3v) is 1.91. The van der Waals surface area contributed by atoms with Gasteiger partial charge in [0.15, 0.2) is 17.5 Å². The summed E-state index contributed by atoms with van der Waals surface area (Å²) in [6, 6.07) is 0.663. The van der Waals surface area contributed by atoms with Crippen molar-refractivity contribution in [2.45, 2.75) is 0 Å². The van der Waals surface area contributed by atoms with Gasteiger partial charge >= 0.3 is 5.97 Å². The number of rotatable bonds is 1. The number of hydrogen-bond acceptors (Lipinski definition) is 1. The molecule has 6 heteroatoms. The Morgan fingerprint density at radius 2 is 1.77 bits per heavy atom. The highest BCUT2D eigenvalue weighted by atomic mass is 79.9. The van der Waals surface area contributed by atoms with Crippen LogP contribution in [-0.4, -0.2) is 11.1 Å². The molecule has 1 aromatic carbocycles. The van der Waals surface area contributed by atoms with E-state index in [0.717, 1.165) is 0 Å². The van der Waals surface area contributed by atoms with E-state index in [1.165, 1.54) is 0 Å². The van der Waals surface area contributed by atoms with Crippen LogP contribution < -0.4 is 0 Å². The molecule has 13 heavy (non-hydrogen) atoms. The Balaban J connectivity index is 3.50. The highest BCUT2D eigenvalue weighted by Crippen LogP contribution is 2.23. The number of hydrogen-bond donors (Lipinski definition) is 1. The van der Waals surface area contributed by atoms with Gasteiger partial charge < -0.3 is 5.11 Å². The molecule has 0 atom stereocenters. The third-order valence-electron chi connectivity index (χ3n) is 1.33. The lowest BCUT2D eigenvalue weighted by Gasteiger charge is -2.01. The monoisotopic (exact) mass is 254 g/mol. The number of aromatic carboxylic acids is 1. The highest BCUT2D eigenvalue weighted by molar-refractivity contribution is 9.10. The van der Waals surface area contributed by atoms with Gasteiger partial charge in [-0.05, 0) is 22.0 Å². The van der Waals surface area contributed by atoms with Gasteiger partial charge in [-0.1, -0.05) is 0 Å². The minimum absolute atomic E-state index is 0.427. The number of carboxylic acids is 1. The molecule has 0 aliphatic rings. The van der Waals surface area contributed by atoms with Crippen LogP contribution in [0.2, 0.25) is 0 Å². The van der Waals surface area contributed by atoms with Crippen LogP contribution in [0.4, 0.5) is 13.2 Å². The summed E-state index contributed by atoms with van der Waals surface area (Å²) in [6.07, 6.45) is 0. The molecule has 0 bridgehead atoms. The minimum Gasteiger partial charge on any atom is -0.478 e. The molecule has 0 aromatic heterocycles. The number of benzene rings is 1. The number of carbonyl (C=O) groups is 1. The van der Waals surface area contributed by atoms with Gasteiger partial charge in [-0.3, -0.25) is 0 Å². The first-order valence-electron chi connectivity index (χ1n) is 3.01. The number of carboxylic acid groups (broad SMARTS) is 1. The second kappa shape index (κ2) is 3.37. The van der Waals surface area contributed by atoms with Crippen molar-refractivity contribution < 1.29 is 23.1 Å². The molecule has 0 saturated heterocycles. The lowest BCUT2D eigenvalue weighted by molar-refractivity contribution is 0.0690. The fourth-order valence-electron chi connectivity index (χ4n) is 0.728. The summed E-state index contributed by atoms with van der Waals surface area (Å²) < 4.78 is 37.4. The van der Waals surface area contributed by atoms with Gasteiger partial charge in [0.05, 0.1) is 10.0 Å². The molecular weight excluding hydrogens is 253 g/mol. The molecule has 0 heterocycles. The first-order valence-corrected chi connectivity index (χ1v) is 3.80. The van der Waals surface area contributed by atoms with Crippen LogP contribution in [0.5, 0.6) is 0 Å². The summed E-state index contributed by atoms with van der Waals surface area (Å²) >= 11 is 2.55. The molecule has 70 valence electrons. The average molecular weight is 255 g/mol. The Hall–Kier alpha value is -1.04. The largest absolute Gasteiger partial charge is 0.478 e. The summed E-state index contributed by atoms with van der Waals surface area (Å²) in [7, 11) is 0. The Bertz CT molecular complexity index is 378. The van der Waals surface area contributed by atoms with E-state index < -0.39 is 33.5 Å². The topological polar surface area (TPSA) is 37.3 Å². The zero-order chi connectivity index (χ0) is 10.2. The maximum absolute atomic E-state index is 12.7. The fourth-order valence-corrected chi connectivity index (χ4v) is 1.13. The van der Waals surface area contributed by atoms with Gasteiger partial charge in [-0.15, -0.1) is 0 Å². The van der Waals surface area contributed by atoms with Gasteiger partial charge in [0.25, 0.3) is 0 Å². The molecule has 1 N–H and O–H groups in total. The smallest absolute Gasteiger partial charge is 0.338 e. The van der Waals surface area contributed by atoms with Gasteiger partial charge in [0.1, 0.15) is 0 Å². The van der Waals surface area contributed by atoms with Crippen molar-refractivity contribution in [1.29, 1.82) is 0 Å². The van der Waals surface area contributed by atoms with Crippen molar-refractivity contribution >= 4 is 21.9 Å². The Morgan fingerprint density at radius 1 is 1.23 bits per heavy atom. The van der Waals surface area contributed by atoms with Gasteiger partial charge in [-0.2, -0.15) is 0 Å². The van der Waals surface area contributed by atoms with Gasteiger partial charge in [0, 0.05) is 0 Å². The molecule has 0 unspecified atom stereocenters. The van der Waals surface area contributed by atoms with Crippen molar-refractivity contribution in [2.75, 3.05) is 0 Å². The van der Waals surface area contributed by atoms with E-state index >= 15 is 0 Å². The average Bonchev–Trinajstić information content (AvgIpc) is 2.07. The summed E-state index contributed by atoms with van der Waals surface area (Å²) in [5.74, 6) is -6.60. The second-order valence-electron chi connectivity index (χ2n) is 2.15. The van der Waals surface area contributed by atoms with E-state index in [9.17, 15) is 18.0 Å². The summed E-state index contributed by atoms with van der Waals surface area (Å²) in [6.45, 7) is 0. The molecule has 0 fully saturated rings. The molecule has 0 aliphatic heterocycles. The first-order chi connectivity index (χ1) is 5.95. The summed E-state index contributed by atoms with van der Waals surface area (Å²) in [4.78, 5) is 10.3. The van der Waals surface area contributed by atoms with Crippen molar-refractivity contribution in [3.05, 3.63) is 33.6 Å². The molecule has 1 aromatic rings. The fraction of sp³-hybridized carbons (Fsp3) is 0. The van der Waals surface area contributed by atoms with Crippen LogP contribution in [0.25, 0.3) is 0 Å². The Labute approximate surface area is 79.1 Å². The van der Waals surface area contributed by atoms with Crippen LogP contribution in [0, 0.1) is 17.5 Å². The molecule has 0 saturated carbocycles. The van der Waals surface area contributed by atoms with E-state index in [1.54, 1.807) is 0 Å². The van der Waals surface area contributed by atoms with Crippen molar-refractivity contribution in [3.63, 3.8) is 0 Å². The van der Waals surface area contributed by atoms with Crippen LogP contribution in [-0.2, 0) is 0 Å². The Kier molecular flexibility index (Phi) is 2.60. The summed E-state index contributed by atoms with van der Waals surface area (Å²) in [5, 5.41) is 8.36. The van der Waals surface area contributed by atoms with Gasteiger partial charge in [0.2, 0.25) is 0 Å². The minimum atomic E-state index is -1.80. The molecule has 0 spiro atoms. The SMILES string of the molecule is O=C(O)c1cc(Br)c(F)c(F)c1F. The molecule has 1 rings (SSSR count). The van der Waals surface area contributed by atoms with Crippen molar-refractivity contribution in [2.24, 2.45) is 0 Å². The quantitative estimate of drug-likeness (QED) is 0.618. The molecule has 0 radical (unpaired) electrons. The Morgan fingerprint density at radius 3 is 2.23 bits per heavy atom. The van der Waals surface area contributed by atoms with Crippen molar-refractivity contribution in [3.8, 4) is 0 Å². The molecule has 0 amide bonds. The zero-order valence-corrected chi connectivity index (χ0v) is 7.53. The standard InChI is InChI=1S/C7H2BrF3O2/c8-3-1-2(7(12)13)4(9)6(11)5(3)10/h1H,(H,12,13). The van der Waals surface area contributed by atoms with E-state index in [4.69, 9.17) is 5.11 Å². The lowest BCUT2D eigenvalue weighted by atomic mass is 10.2. The normalized spacial score (nSPS) is 10.2. The van der Waals surface area contributed by atoms with Crippen LogP contribution in [0.15, 0.2) is 10.5 Å². The molecule has 0 aliphatic carbocycles. The maximum Gasteiger partial charge on any atom is 0.338 e. The zero-order valence-electron chi connectivity index (χ0n) is 5.94. The predicted molar refractivity (Wildman–Crippen MR) is 41.0 cm³/mol. The van der Waals surface area contributed by atoms with E-state index in [0.29, 0.717) is 6.07 Å². The predicted octanol–water partition coefficient (Wildman–Crippen LogP) is 2.56. The summed E-state index contributed by atoms with van der Waals surface area (Å²) in [5.41, 5.74) is -0.911. The molecular formula is C7H2BrF3O2. The highest BCUT2D eigenvalue weighted by Gasteiger charge is 2.20. The second-order valence-corrected chi connectivity index (χ2v) is 3.01. The molecule has 2 nitrogen and oxygen atoms in total. The van der Waals surface area contributed by atoms with Crippen LogP contribution >= 0.6 is 15.9 Å². The maximum atomic E-state index is 12.7. The van der Waals surface area contributed by atoms with Gasteiger partial charge in [-0.25, -0.2) is 18.0 Å². The number of halogens is 4. The van der Waals surface area contributed by atoms with Crippen LogP contribution in [0.3, 0.4) is 0 Å². The van der Waals surface area contributed by atoms with E-state index in [2.05, 4.69) is 15.9 Å². The van der Waals surface area contributed by atoms with E-state index in [-0.39, 0.29) is 0 Å². The first kappa shape index (κ1) is 10.0. The lowest BCUT2D eigenvalue weighted by Crippen LogP contribution is -2.05. The van der Waals surface area contributed by atoms with E-state index in [1.807, 2.05) is 0 Å².